The van der Waals surface area contributed by atoms with Crippen LogP contribution in [0.4, 0.5) is 0 Å². The fourth-order valence-electron chi connectivity index (χ4n) is 11.6. The van der Waals surface area contributed by atoms with Crippen LogP contribution in [0.25, 0.3) is 113 Å². The molecule has 0 atom stereocenters. The second-order valence-corrected chi connectivity index (χ2v) is 30.3. The van der Waals surface area contributed by atoms with E-state index in [0.29, 0.717) is 5.52 Å². The number of fused-ring (bicyclic) bond motifs is 9. The number of nitrogens with zero attached hydrogens (tertiary/aromatic N) is 6. The van der Waals surface area contributed by atoms with Crippen molar-refractivity contribution in [1.82, 2.24) is 23.9 Å². The van der Waals surface area contributed by atoms with Crippen molar-refractivity contribution in [3.63, 3.8) is 0 Å². The zero-order valence-corrected chi connectivity index (χ0v) is 59.1. The molecule has 15 rings (SSSR count). The molecule has 0 radical (unpaired) electrons. The summed E-state index contributed by atoms with van der Waals surface area (Å²) in [6.07, 6.45) is 22.5. The Balaban J connectivity index is 0.000000242. The minimum atomic E-state index is -4.27. The number of H-pyrrole nitrogens is 2. The summed E-state index contributed by atoms with van der Waals surface area (Å²) in [5.41, 5.74) is 19.9. The Labute approximate surface area is 591 Å². The summed E-state index contributed by atoms with van der Waals surface area (Å²) < 4.78 is 129. The number of pyridine rings is 3. The average Bonchev–Trinajstić information content (AvgIpc) is 1.60. The third-order valence-electron chi connectivity index (χ3n) is 16.9. The van der Waals surface area contributed by atoms with Gasteiger partial charge in [0.15, 0.2) is 37.2 Å². The first-order chi connectivity index (χ1) is 48.7. The summed E-state index contributed by atoms with van der Waals surface area (Å²) in [6, 6.07) is 63.2. The van der Waals surface area contributed by atoms with E-state index < -0.39 is 40.4 Å². The van der Waals surface area contributed by atoms with Gasteiger partial charge in [-0.25, -0.2) is 61.3 Å². The van der Waals surface area contributed by atoms with Crippen LogP contribution in [-0.4, -0.2) is 71.2 Å². The van der Waals surface area contributed by atoms with Gasteiger partial charge in [0.1, 0.15) is 51.5 Å². The Morgan fingerprint density at radius 2 is 0.627 bits per heavy atom. The Kier molecular flexibility index (Phi) is 20.1. The smallest absolute Gasteiger partial charge is 0.268 e. The minimum absolute atomic E-state index is 0.178. The van der Waals surface area contributed by atoms with E-state index in [1.807, 2.05) is 85.9 Å². The molecule has 2 aliphatic rings. The van der Waals surface area contributed by atoms with Crippen molar-refractivity contribution in [1.29, 1.82) is 0 Å². The van der Waals surface area contributed by atoms with Gasteiger partial charge in [-0.3, -0.25) is 0 Å². The lowest BCUT2D eigenvalue weighted by Crippen LogP contribution is -2.25. The summed E-state index contributed by atoms with van der Waals surface area (Å²) >= 11 is 0. The molecule has 13 aromatic rings. The van der Waals surface area contributed by atoms with Gasteiger partial charge in [0, 0.05) is 97.9 Å². The van der Waals surface area contributed by atoms with Gasteiger partial charge in [0.25, 0.3) is 10.0 Å². The molecule has 512 valence electrons. The van der Waals surface area contributed by atoms with E-state index in [-0.39, 0.29) is 19.6 Å². The van der Waals surface area contributed by atoms with Gasteiger partial charge in [0.2, 0.25) is 0 Å². The third-order valence-corrected chi connectivity index (χ3v) is 21.2. The lowest BCUT2D eigenvalue weighted by Gasteiger charge is -2.08. The summed E-state index contributed by atoms with van der Waals surface area (Å²) in [5, 5.41) is 0.841. The summed E-state index contributed by atoms with van der Waals surface area (Å²) in [7, 11) is -10.6. The van der Waals surface area contributed by atoms with Crippen molar-refractivity contribution in [2.24, 2.45) is 21.1 Å². The molecule has 102 heavy (non-hydrogen) atoms. The third kappa shape index (κ3) is 15.8. The van der Waals surface area contributed by atoms with Crippen LogP contribution in [0.2, 0.25) is 0 Å². The van der Waals surface area contributed by atoms with Crippen molar-refractivity contribution in [3.8, 4) is 55.6 Å². The topological polar surface area (TPSA) is 280 Å². The van der Waals surface area contributed by atoms with Crippen LogP contribution in [0.15, 0.2) is 275 Å². The van der Waals surface area contributed by atoms with Crippen molar-refractivity contribution in [3.05, 3.63) is 295 Å². The van der Waals surface area contributed by atoms with Crippen LogP contribution in [0.3, 0.4) is 0 Å². The second-order valence-electron chi connectivity index (χ2n) is 24.3. The zero-order chi connectivity index (χ0) is 72.3. The van der Waals surface area contributed by atoms with Crippen molar-refractivity contribution >= 4 is 97.7 Å². The summed E-state index contributed by atoms with van der Waals surface area (Å²) in [4.78, 5) is 18.3. The molecular formula is C79H66N8O11S4. The molecule has 6 aromatic carbocycles. The van der Waals surface area contributed by atoms with E-state index in [0.717, 1.165) is 123 Å². The molecule has 7 aromatic heterocycles. The molecule has 0 saturated carbocycles. The fraction of sp³-hybridized carbons (Fsp3) is 0.0759. The van der Waals surface area contributed by atoms with E-state index in [1.165, 1.54) is 40.4 Å². The van der Waals surface area contributed by atoms with E-state index >= 15 is 0 Å². The predicted molar refractivity (Wildman–Crippen MR) is 392 cm³/mol. The van der Waals surface area contributed by atoms with Gasteiger partial charge in [-0.1, -0.05) is 114 Å². The standard InChI is InChI=1S/C58H44N8O2S.3C7H8O3S/c1-63-31-25-40(26-32-63)56-48-19-17-46(59-48)55(39-15-13-38(14-16-39)45-37-66(54-12-8-7-11-44(45)54)69(67,68)43-9-5-4-6-10-43)47-18-20-49(60-47)57(41-27-33-64(2)34-28-41)51-22-24-53(62-51)58(52-23-21-50(56)61-52)42-29-35-65(3)36-30-42;3*1-6-2-4-7(5-3-6)11(8,9)10/h4-37H,1-3H3,(H,59,60,61,62);3*2-5H,1H3,(H,8,9,10)/q+2;;;/p-2. The van der Waals surface area contributed by atoms with Gasteiger partial charge < -0.3 is 23.6 Å². The van der Waals surface area contributed by atoms with E-state index in [9.17, 15) is 47.3 Å². The number of aromatic nitrogens is 8. The van der Waals surface area contributed by atoms with Crippen LogP contribution in [0.1, 0.15) is 39.5 Å². The van der Waals surface area contributed by atoms with Crippen molar-refractivity contribution in [2.45, 2.75) is 40.4 Å². The SMILES string of the molecule is C[n+]1ccc(-c2c3nc(c(-c4cc[n+](C)cc4)c4ccc([nH]4)c(-c4cc[n+](C)cc4)c4nc(c(-c5ccc(-c6cn(S(=O)(=O)c7ccccc7)c7ccccc67)cc5)c5ccc2[nH]5)C=C4)C=C3)cc1.Cc1ccc(S(=O)(=O)[O-])cc1.Cc1ccc(S(=O)(=O)[O-])cc1.Cc1ccc(S(=O)(=O)[O-])cc1. The molecule has 0 saturated heterocycles. The highest BCUT2D eigenvalue weighted by atomic mass is 32.2. The first-order valence-corrected chi connectivity index (χ1v) is 37.5. The van der Waals surface area contributed by atoms with Crippen LogP contribution in [-0.2, 0) is 61.5 Å². The lowest BCUT2D eigenvalue weighted by molar-refractivity contribution is -0.671. The van der Waals surface area contributed by atoms with Crippen LogP contribution < -0.4 is 13.7 Å². The maximum Gasteiger partial charge on any atom is 0.268 e. The maximum atomic E-state index is 14.0. The van der Waals surface area contributed by atoms with Gasteiger partial charge in [0.05, 0.1) is 47.9 Å². The monoisotopic (exact) mass is 1430 g/mol. The maximum absolute atomic E-state index is 14.0. The average molecular weight is 1430 g/mol. The lowest BCUT2D eigenvalue weighted by atomic mass is 9.99. The Morgan fingerprint density at radius 3 is 0.951 bits per heavy atom. The molecule has 2 aliphatic heterocycles. The van der Waals surface area contributed by atoms with Crippen molar-refractivity contribution in [2.75, 3.05) is 0 Å². The molecule has 0 spiro atoms. The number of rotatable bonds is 10. The predicted octanol–water partition coefficient (Wildman–Crippen LogP) is 13.4. The molecular weight excluding hydrogens is 1370 g/mol. The number of benzene rings is 6. The van der Waals surface area contributed by atoms with Crippen LogP contribution >= 0.6 is 0 Å². The zero-order valence-electron chi connectivity index (χ0n) is 55.9. The normalized spacial score (nSPS) is 12.0. The molecule has 0 unspecified atom stereocenters. The number of nitrogens with one attached hydrogen (secondary N) is 2. The fourth-order valence-corrected chi connectivity index (χ4v) is 14.4. The summed E-state index contributed by atoms with van der Waals surface area (Å²) in [6.45, 7) is 5.46. The Hall–Kier alpha value is -11.4. The van der Waals surface area contributed by atoms with E-state index in [1.54, 1.807) is 66.9 Å². The molecule has 19 nitrogen and oxygen atoms in total. The molecule has 0 fully saturated rings. The van der Waals surface area contributed by atoms with Crippen LogP contribution in [0.5, 0.6) is 0 Å². The van der Waals surface area contributed by atoms with Gasteiger partial charge in [-0.05, 0) is 152 Å². The first-order valence-electron chi connectivity index (χ1n) is 31.8. The summed E-state index contributed by atoms with van der Waals surface area (Å²) in [5.74, 6) is 0. The highest BCUT2D eigenvalue weighted by Crippen LogP contribution is 2.40. The number of para-hydroxylation sites is 1. The second kappa shape index (κ2) is 29.0. The highest BCUT2D eigenvalue weighted by Gasteiger charge is 2.24. The molecule has 23 heteroatoms. The Bertz CT molecular complexity index is 5830. The molecule has 2 N–H and O–H groups in total. The Morgan fingerprint density at radius 1 is 0.333 bits per heavy atom. The van der Waals surface area contributed by atoms with Crippen molar-refractivity contribution < 1.29 is 61.0 Å². The number of hydrogen-bond acceptors (Lipinski definition) is 13. The van der Waals surface area contributed by atoms with Gasteiger partial charge >= 0.3 is 0 Å². The van der Waals surface area contributed by atoms with E-state index in [2.05, 4.69) is 156 Å². The number of hydrogen-bond donors (Lipinski definition) is 2. The molecule has 8 bridgehead atoms. The molecule has 0 aliphatic carbocycles. The molecule has 9 heterocycles. The van der Waals surface area contributed by atoms with Crippen LogP contribution in [0, 0.1) is 20.8 Å². The number of aryl methyl sites for hydroxylation is 6. The van der Waals surface area contributed by atoms with E-state index in [4.69, 9.17) is 9.97 Å². The van der Waals surface area contributed by atoms with Gasteiger partial charge in [-0.15, -0.1) is 0 Å². The quantitative estimate of drug-likeness (QED) is 0.0953. The van der Waals surface area contributed by atoms with Gasteiger partial charge in [-0.2, -0.15) is 0 Å². The molecule has 0 amide bonds. The highest BCUT2D eigenvalue weighted by molar-refractivity contribution is 7.90. The number of aromatic amines is 2. The largest absolute Gasteiger partial charge is 0.744 e. The minimum Gasteiger partial charge on any atom is -0.744 e. The first kappa shape index (κ1) is 70.5.